The topological polar surface area (TPSA) is 29.1 Å². The summed E-state index contributed by atoms with van der Waals surface area (Å²) in [6.07, 6.45) is 0.396. The van der Waals surface area contributed by atoms with Gasteiger partial charge in [-0.3, -0.25) is 4.79 Å². The van der Waals surface area contributed by atoms with Gasteiger partial charge >= 0.3 is 0 Å². The van der Waals surface area contributed by atoms with Crippen LogP contribution in [0.2, 0.25) is 0 Å². The number of halogens is 1. The molecule has 0 aliphatic carbocycles. The van der Waals surface area contributed by atoms with E-state index in [1.54, 1.807) is 0 Å². The summed E-state index contributed by atoms with van der Waals surface area (Å²) in [5.41, 5.74) is 4.11. The zero-order chi connectivity index (χ0) is 13.8. The Morgan fingerprint density at radius 2 is 1.95 bits per heavy atom. The molecule has 0 radical (unpaired) electrons. The largest absolute Gasteiger partial charge is 0.326 e. The van der Waals surface area contributed by atoms with Crippen LogP contribution in [0.25, 0.3) is 0 Å². The minimum Gasteiger partial charge on any atom is -0.326 e. The summed E-state index contributed by atoms with van der Waals surface area (Å²) in [6, 6.07) is 13.9. The first kappa shape index (κ1) is 13.8. The van der Waals surface area contributed by atoms with Gasteiger partial charge in [0, 0.05) is 10.2 Å². The molecule has 98 valence electrons. The smallest absolute Gasteiger partial charge is 0.228 e. The van der Waals surface area contributed by atoms with Crippen molar-refractivity contribution in [2.45, 2.75) is 20.3 Å². The van der Waals surface area contributed by atoms with Crippen molar-refractivity contribution < 1.29 is 4.79 Å². The number of hydrogen-bond donors (Lipinski definition) is 1. The molecule has 0 aliphatic rings. The van der Waals surface area contributed by atoms with Crippen molar-refractivity contribution in [1.29, 1.82) is 0 Å². The molecule has 0 heterocycles. The highest BCUT2D eigenvalue weighted by atomic mass is 79.9. The van der Waals surface area contributed by atoms with Gasteiger partial charge in [-0.15, -0.1) is 0 Å². The minimum absolute atomic E-state index is 0.00630. The number of carbonyl (C=O) groups excluding carboxylic acids is 1. The Kier molecular flexibility index (Phi) is 4.38. The summed E-state index contributed by atoms with van der Waals surface area (Å²) in [5, 5.41) is 2.95. The van der Waals surface area contributed by atoms with Crippen molar-refractivity contribution in [1.82, 2.24) is 0 Å². The van der Waals surface area contributed by atoms with E-state index in [0.717, 1.165) is 21.3 Å². The van der Waals surface area contributed by atoms with Gasteiger partial charge < -0.3 is 5.32 Å². The van der Waals surface area contributed by atoms with Crippen molar-refractivity contribution in [3.63, 3.8) is 0 Å². The van der Waals surface area contributed by atoms with Crippen molar-refractivity contribution in [3.05, 3.63) is 63.6 Å². The molecule has 1 amide bonds. The monoisotopic (exact) mass is 317 g/mol. The molecule has 0 spiro atoms. The van der Waals surface area contributed by atoms with Crippen molar-refractivity contribution >= 4 is 27.5 Å². The SMILES string of the molecule is Cc1cccc(CC(=O)Nc2cc(Br)ccc2C)c1. The van der Waals surface area contributed by atoms with Gasteiger partial charge in [-0.05, 0) is 37.1 Å². The molecule has 0 unspecified atom stereocenters. The molecule has 2 aromatic carbocycles. The van der Waals surface area contributed by atoms with Gasteiger partial charge in [0.25, 0.3) is 0 Å². The fraction of sp³-hybridized carbons (Fsp3) is 0.188. The van der Waals surface area contributed by atoms with E-state index in [4.69, 9.17) is 0 Å². The molecule has 0 bridgehead atoms. The summed E-state index contributed by atoms with van der Waals surface area (Å²) >= 11 is 3.41. The summed E-state index contributed by atoms with van der Waals surface area (Å²) < 4.78 is 0.962. The summed E-state index contributed by atoms with van der Waals surface area (Å²) in [4.78, 5) is 12.0. The van der Waals surface area contributed by atoms with Crippen LogP contribution >= 0.6 is 15.9 Å². The van der Waals surface area contributed by atoms with Gasteiger partial charge in [-0.25, -0.2) is 0 Å². The second-order valence-electron chi connectivity index (χ2n) is 4.67. The van der Waals surface area contributed by atoms with E-state index in [0.29, 0.717) is 6.42 Å². The van der Waals surface area contributed by atoms with Crippen LogP contribution in [0, 0.1) is 13.8 Å². The number of anilines is 1. The summed E-state index contributed by atoms with van der Waals surface area (Å²) in [6.45, 7) is 4.01. The third-order valence-corrected chi connectivity index (χ3v) is 3.41. The molecule has 3 heteroatoms. The molecule has 1 N–H and O–H groups in total. The maximum Gasteiger partial charge on any atom is 0.228 e. The lowest BCUT2D eigenvalue weighted by molar-refractivity contribution is -0.115. The molecule has 2 rings (SSSR count). The van der Waals surface area contributed by atoms with E-state index in [2.05, 4.69) is 21.2 Å². The highest BCUT2D eigenvalue weighted by molar-refractivity contribution is 9.10. The maximum absolute atomic E-state index is 12.0. The number of nitrogens with one attached hydrogen (secondary N) is 1. The number of benzene rings is 2. The third kappa shape index (κ3) is 3.93. The summed E-state index contributed by atoms with van der Waals surface area (Å²) in [5.74, 6) is 0.00630. The van der Waals surface area contributed by atoms with Crippen LogP contribution in [0.15, 0.2) is 46.9 Å². The average Bonchev–Trinajstić information content (AvgIpc) is 2.34. The van der Waals surface area contributed by atoms with Crippen molar-refractivity contribution in [2.24, 2.45) is 0 Å². The highest BCUT2D eigenvalue weighted by Crippen LogP contribution is 2.20. The molecular weight excluding hydrogens is 302 g/mol. The molecule has 0 saturated carbocycles. The first-order chi connectivity index (χ1) is 9.04. The van der Waals surface area contributed by atoms with E-state index < -0.39 is 0 Å². The normalized spacial score (nSPS) is 10.3. The predicted molar refractivity (Wildman–Crippen MR) is 82.4 cm³/mol. The molecular formula is C16H16BrNO. The Bertz CT molecular complexity index is 607. The first-order valence-electron chi connectivity index (χ1n) is 6.16. The number of aryl methyl sites for hydroxylation is 2. The van der Waals surface area contributed by atoms with Crippen LogP contribution in [-0.4, -0.2) is 5.91 Å². The molecule has 2 nitrogen and oxygen atoms in total. The molecule has 0 saturated heterocycles. The second-order valence-corrected chi connectivity index (χ2v) is 5.59. The number of amides is 1. The van der Waals surface area contributed by atoms with E-state index in [1.165, 1.54) is 5.56 Å². The van der Waals surface area contributed by atoms with Crippen LogP contribution < -0.4 is 5.32 Å². The lowest BCUT2D eigenvalue weighted by atomic mass is 10.1. The van der Waals surface area contributed by atoms with Crippen LogP contribution in [0.4, 0.5) is 5.69 Å². The van der Waals surface area contributed by atoms with Crippen LogP contribution in [-0.2, 0) is 11.2 Å². The number of rotatable bonds is 3. The Morgan fingerprint density at radius 3 is 2.68 bits per heavy atom. The lowest BCUT2D eigenvalue weighted by Crippen LogP contribution is -2.15. The van der Waals surface area contributed by atoms with E-state index in [1.807, 2.05) is 56.3 Å². The predicted octanol–water partition coefficient (Wildman–Crippen LogP) is 4.25. The second kappa shape index (κ2) is 6.02. The third-order valence-electron chi connectivity index (χ3n) is 2.92. The van der Waals surface area contributed by atoms with E-state index in [9.17, 15) is 4.79 Å². The minimum atomic E-state index is 0.00630. The van der Waals surface area contributed by atoms with Crippen LogP contribution in [0.1, 0.15) is 16.7 Å². The lowest BCUT2D eigenvalue weighted by Gasteiger charge is -2.09. The van der Waals surface area contributed by atoms with Crippen molar-refractivity contribution in [3.8, 4) is 0 Å². The zero-order valence-electron chi connectivity index (χ0n) is 11.0. The first-order valence-corrected chi connectivity index (χ1v) is 6.95. The van der Waals surface area contributed by atoms with Gasteiger partial charge in [-0.1, -0.05) is 51.8 Å². The molecule has 19 heavy (non-hydrogen) atoms. The van der Waals surface area contributed by atoms with Gasteiger partial charge in [-0.2, -0.15) is 0 Å². The van der Waals surface area contributed by atoms with Crippen LogP contribution in [0.3, 0.4) is 0 Å². The molecule has 0 aliphatic heterocycles. The van der Waals surface area contributed by atoms with Crippen molar-refractivity contribution in [2.75, 3.05) is 5.32 Å². The quantitative estimate of drug-likeness (QED) is 0.901. The Balaban J connectivity index is 2.07. The van der Waals surface area contributed by atoms with Gasteiger partial charge in [0.05, 0.1) is 6.42 Å². The summed E-state index contributed by atoms with van der Waals surface area (Å²) in [7, 11) is 0. The van der Waals surface area contributed by atoms with E-state index in [-0.39, 0.29) is 5.91 Å². The molecule has 0 aromatic heterocycles. The molecule has 0 atom stereocenters. The Hall–Kier alpha value is -1.61. The fourth-order valence-corrected chi connectivity index (χ4v) is 2.29. The fourth-order valence-electron chi connectivity index (χ4n) is 1.93. The number of carbonyl (C=O) groups is 1. The average molecular weight is 318 g/mol. The highest BCUT2D eigenvalue weighted by Gasteiger charge is 2.06. The van der Waals surface area contributed by atoms with Gasteiger partial charge in [0.1, 0.15) is 0 Å². The number of hydrogen-bond acceptors (Lipinski definition) is 1. The molecule has 2 aromatic rings. The Labute approximate surface area is 122 Å². The Morgan fingerprint density at radius 1 is 1.16 bits per heavy atom. The van der Waals surface area contributed by atoms with Gasteiger partial charge in [0.15, 0.2) is 0 Å². The van der Waals surface area contributed by atoms with Gasteiger partial charge in [0.2, 0.25) is 5.91 Å². The maximum atomic E-state index is 12.0. The van der Waals surface area contributed by atoms with E-state index >= 15 is 0 Å². The molecule has 0 fully saturated rings. The zero-order valence-corrected chi connectivity index (χ0v) is 12.6. The standard InChI is InChI=1S/C16H16BrNO/c1-11-4-3-5-13(8-11)9-16(19)18-15-10-14(17)7-6-12(15)2/h3-8,10H,9H2,1-2H3,(H,18,19). The van der Waals surface area contributed by atoms with Crippen LogP contribution in [0.5, 0.6) is 0 Å².